The lowest BCUT2D eigenvalue weighted by molar-refractivity contribution is 0.475. The molecule has 0 saturated carbocycles. The molecule has 0 radical (unpaired) electrons. The van der Waals surface area contributed by atoms with Crippen molar-refractivity contribution < 1.29 is 5.11 Å². The average molecular weight is 356 g/mol. The average Bonchev–Trinajstić information content (AvgIpc) is 3.04. The predicted octanol–water partition coefficient (Wildman–Crippen LogP) is 5.28. The maximum Gasteiger partial charge on any atom is 0.203 e. The number of nitrogens with one attached hydrogen (secondary N) is 1. The largest absolute Gasteiger partial charge is 0.508 e. The van der Waals surface area contributed by atoms with Crippen LogP contribution < -0.4 is 5.43 Å². The highest BCUT2D eigenvalue weighted by atomic mass is 35.5. The molecule has 0 aliphatic heterocycles. The number of hydrazone groups is 1. The Balaban J connectivity index is 1.58. The molecule has 2 N–H and O–H groups in total. The predicted molar refractivity (Wildman–Crippen MR) is 102 cm³/mol. The first kappa shape index (κ1) is 16.2. The number of aromatic nitrogens is 1. The molecule has 0 spiro atoms. The van der Waals surface area contributed by atoms with Gasteiger partial charge in [-0.3, -0.25) is 5.43 Å². The zero-order valence-corrected chi connectivity index (χ0v) is 14.1. The Bertz CT molecular complexity index is 872. The van der Waals surface area contributed by atoms with Crippen LogP contribution in [0.4, 0.5) is 5.13 Å². The lowest BCUT2D eigenvalue weighted by atomic mass is 10.2. The summed E-state index contributed by atoms with van der Waals surface area (Å²) in [4.78, 5) is 4.47. The summed E-state index contributed by atoms with van der Waals surface area (Å²) in [5.41, 5.74) is 5.69. The number of anilines is 1. The van der Waals surface area contributed by atoms with E-state index in [1.54, 1.807) is 30.5 Å². The Morgan fingerprint density at radius 1 is 1.17 bits per heavy atom. The molecule has 1 heterocycles. The van der Waals surface area contributed by atoms with Crippen molar-refractivity contribution in [1.82, 2.24) is 4.98 Å². The molecule has 0 saturated heterocycles. The van der Waals surface area contributed by atoms with Crippen LogP contribution in [0.1, 0.15) is 5.56 Å². The molecule has 0 bridgehead atoms. The first-order valence-corrected chi connectivity index (χ1v) is 8.43. The number of aromatic hydroxyl groups is 1. The Morgan fingerprint density at radius 2 is 2.00 bits per heavy atom. The lowest BCUT2D eigenvalue weighted by Gasteiger charge is -1.96. The molecule has 3 aromatic rings. The standard InChI is InChI=1S/C18H14ClN3OS/c19-15-8-6-14(7-9-15)17-12-24-18(21-17)22-20-10-2-4-13-3-1-5-16(23)11-13/h1-12,23H,(H,21,22)/b4-2?,20-10+. The number of thiazole rings is 1. The van der Waals surface area contributed by atoms with E-state index in [-0.39, 0.29) is 5.75 Å². The van der Waals surface area contributed by atoms with E-state index in [1.165, 1.54) is 11.3 Å². The summed E-state index contributed by atoms with van der Waals surface area (Å²) in [5, 5.41) is 16.9. The maximum absolute atomic E-state index is 9.38. The fraction of sp³-hybridized carbons (Fsp3) is 0. The SMILES string of the molecule is Oc1cccc(C=C/C=N/Nc2nc(-c3ccc(Cl)cc3)cs2)c1. The summed E-state index contributed by atoms with van der Waals surface area (Å²) in [6.07, 6.45) is 5.27. The van der Waals surface area contributed by atoms with Gasteiger partial charge in [0, 0.05) is 22.2 Å². The highest BCUT2D eigenvalue weighted by molar-refractivity contribution is 7.14. The highest BCUT2D eigenvalue weighted by Gasteiger charge is 2.03. The third kappa shape index (κ3) is 4.44. The van der Waals surface area contributed by atoms with Gasteiger partial charge >= 0.3 is 0 Å². The van der Waals surface area contributed by atoms with Gasteiger partial charge in [0.1, 0.15) is 5.75 Å². The summed E-state index contributed by atoms with van der Waals surface area (Å²) in [6, 6.07) is 14.5. The molecule has 1 aromatic heterocycles. The maximum atomic E-state index is 9.38. The molecule has 0 atom stereocenters. The minimum absolute atomic E-state index is 0.240. The molecule has 120 valence electrons. The van der Waals surface area contributed by atoms with Crippen molar-refractivity contribution in [3.63, 3.8) is 0 Å². The van der Waals surface area contributed by atoms with Gasteiger partial charge in [-0.2, -0.15) is 5.10 Å². The molecule has 0 amide bonds. The van der Waals surface area contributed by atoms with E-state index >= 15 is 0 Å². The summed E-state index contributed by atoms with van der Waals surface area (Å²) < 4.78 is 0. The number of hydrogen-bond acceptors (Lipinski definition) is 5. The van der Waals surface area contributed by atoms with Crippen molar-refractivity contribution in [2.45, 2.75) is 0 Å². The number of phenols is 1. The van der Waals surface area contributed by atoms with Gasteiger partial charge in [-0.05, 0) is 35.9 Å². The Kier molecular flexibility index (Phi) is 5.25. The lowest BCUT2D eigenvalue weighted by Crippen LogP contribution is -1.87. The summed E-state index contributed by atoms with van der Waals surface area (Å²) in [5.74, 6) is 0.240. The summed E-state index contributed by atoms with van der Waals surface area (Å²) >= 11 is 7.36. The topological polar surface area (TPSA) is 57.5 Å². The highest BCUT2D eigenvalue weighted by Crippen LogP contribution is 2.25. The number of allylic oxidation sites excluding steroid dienone is 1. The van der Waals surface area contributed by atoms with E-state index in [4.69, 9.17) is 11.6 Å². The monoisotopic (exact) mass is 355 g/mol. The number of halogens is 1. The van der Waals surface area contributed by atoms with Crippen LogP contribution in [0.2, 0.25) is 5.02 Å². The minimum Gasteiger partial charge on any atom is -0.508 e. The molecule has 0 unspecified atom stereocenters. The van der Waals surface area contributed by atoms with Crippen LogP contribution >= 0.6 is 22.9 Å². The zero-order chi connectivity index (χ0) is 16.8. The molecule has 0 fully saturated rings. The Morgan fingerprint density at radius 3 is 2.79 bits per heavy atom. The van der Waals surface area contributed by atoms with Crippen LogP contribution in [-0.2, 0) is 0 Å². The van der Waals surface area contributed by atoms with E-state index in [1.807, 2.05) is 41.8 Å². The summed E-state index contributed by atoms with van der Waals surface area (Å²) in [6.45, 7) is 0. The van der Waals surface area contributed by atoms with Crippen molar-refractivity contribution in [2.24, 2.45) is 5.10 Å². The van der Waals surface area contributed by atoms with E-state index in [0.29, 0.717) is 10.2 Å². The second-order valence-electron chi connectivity index (χ2n) is 4.89. The molecule has 24 heavy (non-hydrogen) atoms. The van der Waals surface area contributed by atoms with E-state index in [0.717, 1.165) is 16.8 Å². The molecule has 3 rings (SSSR count). The number of benzene rings is 2. The molecule has 6 heteroatoms. The fourth-order valence-corrected chi connectivity index (χ4v) is 2.79. The van der Waals surface area contributed by atoms with Crippen LogP contribution in [0.25, 0.3) is 17.3 Å². The Hall–Kier alpha value is -2.63. The second-order valence-corrected chi connectivity index (χ2v) is 6.18. The number of nitrogens with zero attached hydrogens (tertiary/aromatic N) is 2. The van der Waals surface area contributed by atoms with Gasteiger partial charge in [0.25, 0.3) is 0 Å². The fourth-order valence-electron chi connectivity index (χ4n) is 2.00. The van der Waals surface area contributed by atoms with Crippen molar-refractivity contribution in [3.8, 4) is 17.0 Å². The van der Waals surface area contributed by atoms with Crippen LogP contribution in [0, 0.1) is 0 Å². The van der Waals surface area contributed by atoms with Gasteiger partial charge in [-0.25, -0.2) is 4.98 Å². The molecular weight excluding hydrogens is 342 g/mol. The van der Waals surface area contributed by atoms with Gasteiger partial charge in [0.2, 0.25) is 5.13 Å². The molecule has 0 aliphatic rings. The second kappa shape index (κ2) is 7.77. The van der Waals surface area contributed by atoms with Crippen molar-refractivity contribution in [2.75, 3.05) is 5.43 Å². The first-order valence-electron chi connectivity index (χ1n) is 7.17. The van der Waals surface area contributed by atoms with Crippen molar-refractivity contribution >= 4 is 40.4 Å². The van der Waals surface area contributed by atoms with E-state index in [2.05, 4.69) is 15.5 Å². The van der Waals surface area contributed by atoms with E-state index in [9.17, 15) is 5.11 Å². The minimum atomic E-state index is 0.240. The zero-order valence-electron chi connectivity index (χ0n) is 12.6. The quantitative estimate of drug-likeness (QED) is 0.483. The third-order valence-corrected chi connectivity index (χ3v) is 4.12. The van der Waals surface area contributed by atoms with Gasteiger partial charge in [0.15, 0.2) is 0 Å². The Labute approximate surface area is 148 Å². The molecule has 4 nitrogen and oxygen atoms in total. The van der Waals surface area contributed by atoms with E-state index < -0.39 is 0 Å². The number of rotatable bonds is 5. The molecule has 0 aliphatic carbocycles. The third-order valence-electron chi connectivity index (χ3n) is 3.12. The van der Waals surface area contributed by atoms with Gasteiger partial charge in [-0.1, -0.05) is 41.9 Å². The summed E-state index contributed by atoms with van der Waals surface area (Å²) in [7, 11) is 0. The molecule has 2 aromatic carbocycles. The van der Waals surface area contributed by atoms with Crippen molar-refractivity contribution in [1.29, 1.82) is 0 Å². The van der Waals surface area contributed by atoms with Gasteiger partial charge in [-0.15, -0.1) is 11.3 Å². The van der Waals surface area contributed by atoms with Gasteiger partial charge < -0.3 is 5.11 Å². The first-order chi connectivity index (χ1) is 11.7. The smallest absolute Gasteiger partial charge is 0.203 e. The van der Waals surface area contributed by atoms with Gasteiger partial charge in [0.05, 0.1) is 5.69 Å². The molecular formula is C18H14ClN3OS. The van der Waals surface area contributed by atoms with Crippen LogP contribution in [0.3, 0.4) is 0 Å². The van der Waals surface area contributed by atoms with Crippen LogP contribution in [0.5, 0.6) is 5.75 Å². The number of phenolic OH excluding ortho intramolecular Hbond substituents is 1. The normalized spacial score (nSPS) is 11.4. The van der Waals surface area contributed by atoms with Crippen LogP contribution in [0.15, 0.2) is 65.1 Å². The van der Waals surface area contributed by atoms with Crippen LogP contribution in [-0.4, -0.2) is 16.3 Å². The number of hydrogen-bond donors (Lipinski definition) is 2. The van der Waals surface area contributed by atoms with Crippen molar-refractivity contribution in [3.05, 3.63) is 70.6 Å².